The zero-order valence-corrected chi connectivity index (χ0v) is 11.8. The van der Waals surface area contributed by atoms with Gasteiger partial charge in [-0.05, 0) is 38.1 Å². The Hall–Kier alpha value is -0.410. The van der Waals surface area contributed by atoms with E-state index in [0.717, 1.165) is 13.1 Å². The van der Waals surface area contributed by atoms with Crippen LogP contribution in [0, 0.1) is 12.3 Å². The first-order valence-corrected chi connectivity index (χ1v) is 7.09. The maximum Gasteiger partial charge on any atom is 0.0797 e. The average molecular weight is 240 g/mol. The molecule has 16 heavy (non-hydrogen) atoms. The molecule has 2 nitrogen and oxygen atoms in total. The van der Waals surface area contributed by atoms with Crippen LogP contribution in [0.15, 0.2) is 5.51 Å². The summed E-state index contributed by atoms with van der Waals surface area (Å²) in [6, 6.07) is 0. The first-order chi connectivity index (χ1) is 7.61. The highest BCUT2D eigenvalue weighted by molar-refractivity contribution is 7.09. The van der Waals surface area contributed by atoms with Crippen LogP contribution in [0.5, 0.6) is 0 Å². The first-order valence-electron chi connectivity index (χ1n) is 6.21. The molecular weight excluding hydrogens is 216 g/mol. The van der Waals surface area contributed by atoms with Gasteiger partial charge in [0.15, 0.2) is 0 Å². The minimum absolute atomic E-state index is 0.423. The summed E-state index contributed by atoms with van der Waals surface area (Å²) < 4.78 is 0. The third-order valence-electron chi connectivity index (χ3n) is 3.46. The van der Waals surface area contributed by atoms with Crippen LogP contribution in [0.4, 0.5) is 0 Å². The minimum Gasteiger partial charge on any atom is -0.316 e. The van der Waals surface area contributed by atoms with Crippen LogP contribution in [-0.2, 0) is 6.42 Å². The van der Waals surface area contributed by atoms with Crippen molar-refractivity contribution < 1.29 is 0 Å². The molecule has 0 aliphatic carbocycles. The molecule has 1 N–H and O–H groups in total. The molecule has 0 saturated carbocycles. The van der Waals surface area contributed by atoms with Gasteiger partial charge >= 0.3 is 0 Å². The van der Waals surface area contributed by atoms with Crippen LogP contribution in [0.3, 0.4) is 0 Å². The number of hydrogen-bond donors (Lipinski definition) is 1. The summed E-state index contributed by atoms with van der Waals surface area (Å²) in [6.07, 6.45) is 3.66. The second-order valence-corrected chi connectivity index (χ2v) is 5.74. The average Bonchev–Trinajstić information content (AvgIpc) is 2.70. The van der Waals surface area contributed by atoms with Crippen LogP contribution in [0.1, 0.15) is 44.2 Å². The standard InChI is InChI=1S/C13H24N2S/c1-5-13(4,9-14-6-2)8-7-12-11(3)15-10-16-12/h10,14H,5-9H2,1-4H3. The van der Waals surface area contributed by atoms with Crippen molar-refractivity contribution in [2.45, 2.75) is 47.0 Å². The maximum atomic E-state index is 4.31. The fourth-order valence-corrected chi connectivity index (χ4v) is 2.58. The molecule has 0 amide bonds. The maximum absolute atomic E-state index is 4.31. The minimum atomic E-state index is 0.423. The monoisotopic (exact) mass is 240 g/mol. The van der Waals surface area contributed by atoms with Crippen molar-refractivity contribution in [3.05, 3.63) is 16.1 Å². The van der Waals surface area contributed by atoms with Gasteiger partial charge in [0.1, 0.15) is 0 Å². The van der Waals surface area contributed by atoms with Crippen LogP contribution >= 0.6 is 11.3 Å². The highest BCUT2D eigenvalue weighted by Crippen LogP contribution is 2.28. The summed E-state index contributed by atoms with van der Waals surface area (Å²) in [6.45, 7) is 11.1. The Morgan fingerprint density at radius 1 is 1.44 bits per heavy atom. The largest absolute Gasteiger partial charge is 0.316 e. The predicted molar refractivity (Wildman–Crippen MR) is 72.1 cm³/mol. The lowest BCUT2D eigenvalue weighted by atomic mass is 9.82. The number of aryl methyl sites for hydroxylation is 2. The Bertz CT molecular complexity index is 309. The Balaban J connectivity index is 2.47. The second kappa shape index (κ2) is 6.36. The molecule has 0 radical (unpaired) electrons. The predicted octanol–water partition coefficient (Wildman–Crippen LogP) is 3.41. The molecule has 0 spiro atoms. The van der Waals surface area contributed by atoms with Gasteiger partial charge in [-0.1, -0.05) is 20.8 Å². The van der Waals surface area contributed by atoms with Crippen LogP contribution in [0.2, 0.25) is 0 Å². The van der Waals surface area contributed by atoms with Gasteiger partial charge in [0.25, 0.3) is 0 Å². The highest BCUT2D eigenvalue weighted by Gasteiger charge is 2.21. The van der Waals surface area contributed by atoms with Gasteiger partial charge in [-0.15, -0.1) is 11.3 Å². The summed E-state index contributed by atoms with van der Waals surface area (Å²) in [5, 5.41) is 3.47. The van der Waals surface area contributed by atoms with Gasteiger partial charge in [-0.2, -0.15) is 0 Å². The van der Waals surface area contributed by atoms with E-state index >= 15 is 0 Å². The summed E-state index contributed by atoms with van der Waals surface area (Å²) >= 11 is 1.79. The number of aromatic nitrogens is 1. The molecule has 1 atom stereocenters. The molecule has 0 aliphatic heterocycles. The molecule has 92 valence electrons. The quantitative estimate of drug-likeness (QED) is 0.790. The second-order valence-electron chi connectivity index (χ2n) is 4.81. The van der Waals surface area contributed by atoms with Crippen molar-refractivity contribution in [3.8, 4) is 0 Å². The van der Waals surface area contributed by atoms with Crippen molar-refractivity contribution in [2.24, 2.45) is 5.41 Å². The van der Waals surface area contributed by atoms with Crippen molar-refractivity contribution in [3.63, 3.8) is 0 Å². The Kier molecular flexibility index (Phi) is 5.42. The van der Waals surface area contributed by atoms with Crippen molar-refractivity contribution in [1.29, 1.82) is 0 Å². The lowest BCUT2D eigenvalue weighted by Gasteiger charge is -2.28. The van der Waals surface area contributed by atoms with Gasteiger partial charge in [0.05, 0.1) is 11.2 Å². The van der Waals surface area contributed by atoms with Gasteiger partial charge in [-0.3, -0.25) is 0 Å². The fraction of sp³-hybridized carbons (Fsp3) is 0.769. The number of nitrogens with zero attached hydrogens (tertiary/aromatic N) is 1. The fourth-order valence-electron chi connectivity index (χ4n) is 1.80. The van der Waals surface area contributed by atoms with Crippen molar-refractivity contribution in [2.75, 3.05) is 13.1 Å². The molecule has 1 aromatic heterocycles. The van der Waals surface area contributed by atoms with E-state index in [1.807, 2.05) is 5.51 Å². The van der Waals surface area contributed by atoms with E-state index in [9.17, 15) is 0 Å². The van der Waals surface area contributed by atoms with Gasteiger partial charge in [0.2, 0.25) is 0 Å². The lowest BCUT2D eigenvalue weighted by Crippen LogP contribution is -2.31. The number of thiazole rings is 1. The van der Waals surface area contributed by atoms with Gasteiger partial charge in [0, 0.05) is 11.4 Å². The molecule has 0 saturated heterocycles. The zero-order chi connectivity index (χ0) is 12.0. The van der Waals surface area contributed by atoms with E-state index in [1.165, 1.54) is 29.8 Å². The summed E-state index contributed by atoms with van der Waals surface area (Å²) in [7, 11) is 0. The van der Waals surface area contributed by atoms with E-state index in [-0.39, 0.29) is 0 Å². The third kappa shape index (κ3) is 3.87. The molecule has 3 heteroatoms. The first kappa shape index (κ1) is 13.7. The molecule has 1 heterocycles. The Labute approximate surface area is 103 Å². The molecule has 0 aromatic carbocycles. The molecule has 1 rings (SSSR count). The highest BCUT2D eigenvalue weighted by atomic mass is 32.1. The Morgan fingerprint density at radius 3 is 2.69 bits per heavy atom. The van der Waals surface area contributed by atoms with Crippen molar-refractivity contribution in [1.82, 2.24) is 10.3 Å². The summed E-state index contributed by atoms with van der Waals surface area (Å²) in [5.74, 6) is 0. The zero-order valence-electron chi connectivity index (χ0n) is 11.0. The molecule has 0 aliphatic rings. The van der Waals surface area contributed by atoms with E-state index in [0.29, 0.717) is 5.41 Å². The Morgan fingerprint density at radius 2 is 2.19 bits per heavy atom. The SMILES string of the molecule is CCNCC(C)(CC)CCc1scnc1C. The smallest absolute Gasteiger partial charge is 0.0797 e. The third-order valence-corrected chi connectivity index (χ3v) is 4.45. The van der Waals surface area contributed by atoms with E-state index < -0.39 is 0 Å². The number of rotatable bonds is 7. The molecular formula is C13H24N2S. The van der Waals surface area contributed by atoms with E-state index in [2.05, 4.69) is 38.0 Å². The molecule has 1 unspecified atom stereocenters. The topological polar surface area (TPSA) is 24.9 Å². The van der Waals surface area contributed by atoms with Crippen molar-refractivity contribution >= 4 is 11.3 Å². The van der Waals surface area contributed by atoms with Crippen LogP contribution < -0.4 is 5.32 Å². The number of nitrogens with one attached hydrogen (secondary N) is 1. The normalized spacial score (nSPS) is 15.0. The molecule has 1 aromatic rings. The molecule has 0 bridgehead atoms. The summed E-state index contributed by atoms with van der Waals surface area (Å²) in [5.41, 5.74) is 3.59. The van der Waals surface area contributed by atoms with Crippen LogP contribution in [-0.4, -0.2) is 18.1 Å². The summed E-state index contributed by atoms with van der Waals surface area (Å²) in [4.78, 5) is 5.76. The van der Waals surface area contributed by atoms with Gasteiger partial charge < -0.3 is 5.32 Å². The van der Waals surface area contributed by atoms with Crippen LogP contribution in [0.25, 0.3) is 0 Å². The number of hydrogen-bond acceptors (Lipinski definition) is 3. The van der Waals surface area contributed by atoms with E-state index in [4.69, 9.17) is 0 Å². The van der Waals surface area contributed by atoms with Gasteiger partial charge in [-0.25, -0.2) is 4.98 Å². The lowest BCUT2D eigenvalue weighted by molar-refractivity contribution is 0.272. The van der Waals surface area contributed by atoms with E-state index in [1.54, 1.807) is 11.3 Å². The molecule has 0 fully saturated rings.